The quantitative estimate of drug-likeness (QED) is 0.740. The molecule has 2 aromatic rings. The van der Waals surface area contributed by atoms with Crippen LogP contribution in [-0.2, 0) is 11.3 Å². The molecule has 2 aliphatic rings. The van der Waals surface area contributed by atoms with Crippen molar-refractivity contribution in [1.82, 2.24) is 24.7 Å². The Balaban J connectivity index is 1.19. The van der Waals surface area contributed by atoms with Crippen LogP contribution in [0.4, 0.5) is 5.95 Å². The molecular formula is C21H27ClN6O. The van der Waals surface area contributed by atoms with E-state index in [9.17, 15) is 4.79 Å². The molecule has 2 fully saturated rings. The summed E-state index contributed by atoms with van der Waals surface area (Å²) in [5, 5.41) is 0.772. The maximum atomic E-state index is 12.7. The standard InChI is InChI=1S/C21H27ClN6O/c22-19-4-2-18(3-5-19)16-25-8-10-26(11-9-25)17-20(29)27-12-14-28(15-13-27)21-23-6-1-7-24-21/h1-7H,8-17H2. The highest BCUT2D eigenvalue weighted by Crippen LogP contribution is 2.14. The first-order valence-corrected chi connectivity index (χ1v) is 10.5. The van der Waals surface area contributed by atoms with Crippen LogP contribution in [0.25, 0.3) is 0 Å². The molecule has 1 aromatic carbocycles. The molecule has 0 bridgehead atoms. The van der Waals surface area contributed by atoms with Gasteiger partial charge < -0.3 is 9.80 Å². The predicted molar refractivity (Wildman–Crippen MR) is 114 cm³/mol. The fraction of sp³-hybridized carbons (Fsp3) is 0.476. The molecule has 2 aliphatic heterocycles. The molecule has 3 heterocycles. The molecule has 2 saturated heterocycles. The van der Waals surface area contributed by atoms with Gasteiger partial charge in [-0.05, 0) is 23.8 Å². The van der Waals surface area contributed by atoms with E-state index in [4.69, 9.17) is 11.6 Å². The number of amides is 1. The van der Waals surface area contributed by atoms with Crippen molar-refractivity contribution in [2.75, 3.05) is 63.8 Å². The van der Waals surface area contributed by atoms with Gasteiger partial charge in [-0.3, -0.25) is 14.6 Å². The van der Waals surface area contributed by atoms with E-state index in [-0.39, 0.29) is 5.91 Å². The molecule has 0 saturated carbocycles. The molecule has 0 unspecified atom stereocenters. The van der Waals surface area contributed by atoms with E-state index in [2.05, 4.69) is 36.8 Å². The largest absolute Gasteiger partial charge is 0.338 e. The Morgan fingerprint density at radius 2 is 1.48 bits per heavy atom. The average Bonchev–Trinajstić information content (AvgIpc) is 2.77. The van der Waals surface area contributed by atoms with Crippen LogP contribution in [0.1, 0.15) is 5.56 Å². The van der Waals surface area contributed by atoms with Gasteiger partial charge in [-0.2, -0.15) is 0 Å². The second-order valence-corrected chi connectivity index (χ2v) is 8.03. The van der Waals surface area contributed by atoms with Gasteiger partial charge in [-0.1, -0.05) is 23.7 Å². The summed E-state index contributed by atoms with van der Waals surface area (Å²) >= 11 is 5.96. The van der Waals surface area contributed by atoms with E-state index in [1.54, 1.807) is 12.4 Å². The van der Waals surface area contributed by atoms with Crippen molar-refractivity contribution in [3.8, 4) is 0 Å². The number of piperazine rings is 2. The highest BCUT2D eigenvalue weighted by atomic mass is 35.5. The van der Waals surface area contributed by atoms with Crippen LogP contribution in [0.3, 0.4) is 0 Å². The van der Waals surface area contributed by atoms with Crippen LogP contribution >= 0.6 is 11.6 Å². The van der Waals surface area contributed by atoms with Gasteiger partial charge in [0.1, 0.15) is 0 Å². The van der Waals surface area contributed by atoms with Gasteiger partial charge in [0.2, 0.25) is 11.9 Å². The van der Waals surface area contributed by atoms with Crippen LogP contribution in [0.2, 0.25) is 5.02 Å². The lowest BCUT2D eigenvalue weighted by molar-refractivity contribution is -0.133. The second-order valence-electron chi connectivity index (χ2n) is 7.60. The Labute approximate surface area is 176 Å². The summed E-state index contributed by atoms with van der Waals surface area (Å²) in [5.74, 6) is 0.973. The van der Waals surface area contributed by atoms with Gasteiger partial charge in [-0.25, -0.2) is 9.97 Å². The zero-order valence-electron chi connectivity index (χ0n) is 16.6. The number of halogens is 1. The van der Waals surface area contributed by atoms with Crippen molar-refractivity contribution >= 4 is 23.5 Å². The van der Waals surface area contributed by atoms with E-state index in [0.717, 1.165) is 69.9 Å². The van der Waals surface area contributed by atoms with Crippen LogP contribution < -0.4 is 4.90 Å². The van der Waals surface area contributed by atoms with Gasteiger partial charge >= 0.3 is 0 Å². The maximum absolute atomic E-state index is 12.7. The van der Waals surface area contributed by atoms with E-state index < -0.39 is 0 Å². The van der Waals surface area contributed by atoms with Crippen molar-refractivity contribution in [1.29, 1.82) is 0 Å². The molecule has 0 aliphatic carbocycles. The molecule has 0 N–H and O–H groups in total. The molecule has 8 heteroatoms. The first-order chi connectivity index (χ1) is 14.2. The monoisotopic (exact) mass is 414 g/mol. The number of benzene rings is 1. The molecule has 0 atom stereocenters. The first-order valence-electron chi connectivity index (χ1n) is 10.2. The molecule has 7 nitrogen and oxygen atoms in total. The minimum Gasteiger partial charge on any atom is -0.338 e. The van der Waals surface area contributed by atoms with Crippen LogP contribution in [0.5, 0.6) is 0 Å². The van der Waals surface area contributed by atoms with Gasteiger partial charge in [0, 0.05) is 76.3 Å². The Morgan fingerprint density at radius 3 is 2.14 bits per heavy atom. The third-order valence-electron chi connectivity index (χ3n) is 5.61. The number of aromatic nitrogens is 2. The van der Waals surface area contributed by atoms with Crippen LogP contribution in [0, 0.1) is 0 Å². The Morgan fingerprint density at radius 1 is 0.862 bits per heavy atom. The van der Waals surface area contributed by atoms with Crippen molar-refractivity contribution in [3.63, 3.8) is 0 Å². The number of nitrogens with zero attached hydrogens (tertiary/aromatic N) is 6. The topological polar surface area (TPSA) is 55.8 Å². The normalized spacial score (nSPS) is 18.8. The molecular weight excluding hydrogens is 388 g/mol. The van der Waals surface area contributed by atoms with Crippen molar-refractivity contribution in [3.05, 3.63) is 53.3 Å². The van der Waals surface area contributed by atoms with Gasteiger partial charge in [0.15, 0.2) is 0 Å². The second kappa shape index (κ2) is 9.52. The SMILES string of the molecule is O=C(CN1CCN(Cc2ccc(Cl)cc2)CC1)N1CCN(c2ncccn2)CC1. The summed E-state index contributed by atoms with van der Waals surface area (Å²) in [6.45, 7) is 8.29. The minimum absolute atomic E-state index is 0.227. The number of rotatable bonds is 5. The lowest BCUT2D eigenvalue weighted by Gasteiger charge is -2.38. The lowest BCUT2D eigenvalue weighted by Crippen LogP contribution is -2.54. The van der Waals surface area contributed by atoms with Gasteiger partial charge in [0.05, 0.1) is 6.54 Å². The number of hydrogen-bond acceptors (Lipinski definition) is 6. The molecule has 0 radical (unpaired) electrons. The molecule has 154 valence electrons. The highest BCUT2D eigenvalue weighted by molar-refractivity contribution is 6.30. The lowest BCUT2D eigenvalue weighted by atomic mass is 10.2. The fourth-order valence-corrected chi connectivity index (χ4v) is 3.98. The highest BCUT2D eigenvalue weighted by Gasteiger charge is 2.25. The third-order valence-corrected chi connectivity index (χ3v) is 5.86. The summed E-state index contributed by atoms with van der Waals surface area (Å²) in [7, 11) is 0. The van der Waals surface area contributed by atoms with Gasteiger partial charge in [-0.15, -0.1) is 0 Å². The fourth-order valence-electron chi connectivity index (χ4n) is 3.86. The predicted octanol–water partition coefficient (Wildman–Crippen LogP) is 1.60. The van der Waals surface area contributed by atoms with E-state index in [1.807, 2.05) is 23.1 Å². The molecule has 4 rings (SSSR count). The van der Waals surface area contributed by atoms with E-state index >= 15 is 0 Å². The van der Waals surface area contributed by atoms with Crippen LogP contribution in [0.15, 0.2) is 42.7 Å². The Kier molecular flexibility index (Phi) is 6.59. The maximum Gasteiger partial charge on any atom is 0.236 e. The van der Waals surface area contributed by atoms with E-state index in [0.29, 0.717) is 6.54 Å². The number of anilines is 1. The number of hydrogen-bond donors (Lipinski definition) is 0. The Hall–Kier alpha value is -2.22. The molecule has 0 spiro atoms. The summed E-state index contributed by atoms with van der Waals surface area (Å²) in [6, 6.07) is 9.86. The summed E-state index contributed by atoms with van der Waals surface area (Å²) in [4.78, 5) is 30.1. The summed E-state index contributed by atoms with van der Waals surface area (Å²) in [6.07, 6.45) is 3.51. The molecule has 29 heavy (non-hydrogen) atoms. The third kappa shape index (κ3) is 5.44. The van der Waals surface area contributed by atoms with E-state index in [1.165, 1.54) is 5.56 Å². The average molecular weight is 415 g/mol. The first kappa shape index (κ1) is 20.1. The summed E-state index contributed by atoms with van der Waals surface area (Å²) in [5.41, 5.74) is 1.28. The van der Waals surface area contributed by atoms with Crippen LogP contribution in [-0.4, -0.2) is 89.5 Å². The molecule has 1 aromatic heterocycles. The van der Waals surface area contributed by atoms with Crippen molar-refractivity contribution in [2.24, 2.45) is 0 Å². The zero-order chi connectivity index (χ0) is 20.1. The minimum atomic E-state index is 0.227. The Bertz CT molecular complexity index is 787. The number of carbonyl (C=O) groups excluding carboxylic acids is 1. The summed E-state index contributed by atoms with van der Waals surface area (Å²) < 4.78 is 0. The molecule has 1 amide bonds. The van der Waals surface area contributed by atoms with Crippen molar-refractivity contribution in [2.45, 2.75) is 6.54 Å². The van der Waals surface area contributed by atoms with Crippen molar-refractivity contribution < 1.29 is 4.79 Å². The number of carbonyl (C=O) groups is 1. The zero-order valence-corrected chi connectivity index (χ0v) is 17.3. The smallest absolute Gasteiger partial charge is 0.236 e. The van der Waals surface area contributed by atoms with Gasteiger partial charge in [0.25, 0.3) is 0 Å².